The average Bonchev–Trinajstić information content (AvgIpc) is 2.39. The number of benzene rings is 2. The maximum atomic E-state index is 3.43. The first kappa shape index (κ1) is 13.8. The molecule has 1 nitrogen and oxygen atoms in total. The van der Waals surface area contributed by atoms with Crippen LogP contribution in [-0.4, -0.2) is 7.05 Å². The van der Waals surface area contributed by atoms with E-state index < -0.39 is 0 Å². The fourth-order valence-corrected chi connectivity index (χ4v) is 2.44. The van der Waals surface area contributed by atoms with Crippen molar-refractivity contribution in [3.8, 4) is 0 Å². The number of rotatable bonds is 4. The second-order valence-electron chi connectivity index (χ2n) is 5.38. The third-order valence-electron chi connectivity index (χ3n) is 3.80. The minimum absolute atomic E-state index is 0.376. The molecule has 1 N–H and O–H groups in total. The van der Waals surface area contributed by atoms with Gasteiger partial charge in [-0.1, -0.05) is 48.0 Å². The van der Waals surface area contributed by atoms with Crippen LogP contribution in [0.25, 0.3) is 0 Å². The van der Waals surface area contributed by atoms with Gasteiger partial charge in [-0.3, -0.25) is 0 Å². The summed E-state index contributed by atoms with van der Waals surface area (Å²) in [4.78, 5) is 0. The molecule has 0 heterocycles. The summed E-state index contributed by atoms with van der Waals surface area (Å²) in [6.07, 6.45) is 1.03. The topological polar surface area (TPSA) is 12.0 Å². The minimum Gasteiger partial charge on any atom is -0.313 e. The van der Waals surface area contributed by atoms with Crippen LogP contribution < -0.4 is 5.32 Å². The molecule has 0 aliphatic rings. The van der Waals surface area contributed by atoms with Gasteiger partial charge in [0.25, 0.3) is 0 Å². The molecule has 0 spiro atoms. The highest BCUT2D eigenvalue weighted by molar-refractivity contribution is 5.33. The molecular weight excluding hydrogens is 230 g/mol. The van der Waals surface area contributed by atoms with Gasteiger partial charge in [0.2, 0.25) is 0 Å². The van der Waals surface area contributed by atoms with Crippen molar-refractivity contribution in [3.05, 3.63) is 70.3 Å². The summed E-state index contributed by atoms with van der Waals surface area (Å²) in [7, 11) is 2.04. The highest BCUT2D eigenvalue weighted by atomic mass is 14.9. The third-order valence-corrected chi connectivity index (χ3v) is 3.80. The lowest BCUT2D eigenvalue weighted by Crippen LogP contribution is -2.19. The quantitative estimate of drug-likeness (QED) is 0.864. The molecule has 2 aromatic rings. The molecule has 0 aliphatic heterocycles. The van der Waals surface area contributed by atoms with Gasteiger partial charge in [0, 0.05) is 6.04 Å². The molecule has 0 aromatic heterocycles. The summed E-state index contributed by atoms with van der Waals surface area (Å²) in [5, 5.41) is 3.43. The van der Waals surface area contributed by atoms with Crippen LogP contribution in [0.15, 0.2) is 42.5 Å². The number of nitrogens with one attached hydrogen (secondary N) is 1. The lowest BCUT2D eigenvalue weighted by atomic mass is 9.95. The number of aryl methyl sites for hydroxylation is 3. The molecule has 1 atom stereocenters. The smallest absolute Gasteiger partial charge is 0.0358 e. The molecule has 0 bridgehead atoms. The second-order valence-corrected chi connectivity index (χ2v) is 5.38. The molecule has 0 radical (unpaired) electrons. The summed E-state index contributed by atoms with van der Waals surface area (Å²) in [5.74, 6) is 0. The lowest BCUT2D eigenvalue weighted by Gasteiger charge is -2.18. The fraction of sp³-hybridized carbons (Fsp3) is 0.333. The van der Waals surface area contributed by atoms with Crippen LogP contribution in [0.4, 0.5) is 0 Å². The van der Waals surface area contributed by atoms with Gasteiger partial charge in [0.15, 0.2) is 0 Å². The van der Waals surface area contributed by atoms with E-state index in [-0.39, 0.29) is 0 Å². The zero-order valence-corrected chi connectivity index (χ0v) is 12.3. The largest absolute Gasteiger partial charge is 0.313 e. The first-order valence-corrected chi connectivity index (χ1v) is 6.90. The SMILES string of the molecule is CNC(Cc1cccc(C)c1)c1ccc(C)c(C)c1. The van der Waals surface area contributed by atoms with Crippen molar-refractivity contribution in [2.45, 2.75) is 33.2 Å². The summed E-state index contributed by atoms with van der Waals surface area (Å²) < 4.78 is 0. The Hall–Kier alpha value is -1.60. The lowest BCUT2D eigenvalue weighted by molar-refractivity contribution is 0.591. The molecule has 1 unspecified atom stereocenters. The Balaban J connectivity index is 2.22. The van der Waals surface area contributed by atoms with Gasteiger partial charge in [0.05, 0.1) is 0 Å². The van der Waals surface area contributed by atoms with Crippen LogP contribution in [0.1, 0.15) is 33.9 Å². The number of hydrogen-bond acceptors (Lipinski definition) is 1. The molecular formula is C18H23N. The molecule has 0 saturated carbocycles. The van der Waals surface area contributed by atoms with Crippen molar-refractivity contribution in [1.29, 1.82) is 0 Å². The van der Waals surface area contributed by atoms with Crippen LogP contribution in [0, 0.1) is 20.8 Å². The zero-order valence-electron chi connectivity index (χ0n) is 12.3. The van der Waals surface area contributed by atoms with Gasteiger partial charge in [-0.25, -0.2) is 0 Å². The van der Waals surface area contributed by atoms with Crippen molar-refractivity contribution in [3.63, 3.8) is 0 Å². The van der Waals surface area contributed by atoms with E-state index in [9.17, 15) is 0 Å². The average molecular weight is 253 g/mol. The maximum absolute atomic E-state index is 3.43. The molecule has 100 valence electrons. The first-order chi connectivity index (χ1) is 9.10. The Labute approximate surface area is 116 Å². The predicted molar refractivity (Wildman–Crippen MR) is 82.6 cm³/mol. The Kier molecular flexibility index (Phi) is 4.39. The van der Waals surface area contributed by atoms with E-state index in [1.54, 1.807) is 0 Å². The maximum Gasteiger partial charge on any atom is 0.0358 e. The van der Waals surface area contributed by atoms with E-state index in [0.29, 0.717) is 6.04 Å². The van der Waals surface area contributed by atoms with Crippen LogP contribution >= 0.6 is 0 Å². The Morgan fingerprint density at radius 2 is 1.74 bits per heavy atom. The molecule has 1 heteroatoms. The van der Waals surface area contributed by atoms with E-state index >= 15 is 0 Å². The van der Waals surface area contributed by atoms with Gasteiger partial charge >= 0.3 is 0 Å². The van der Waals surface area contributed by atoms with Gasteiger partial charge in [-0.05, 0) is 56.5 Å². The first-order valence-electron chi connectivity index (χ1n) is 6.90. The van der Waals surface area contributed by atoms with Gasteiger partial charge in [-0.2, -0.15) is 0 Å². The van der Waals surface area contributed by atoms with Gasteiger partial charge < -0.3 is 5.32 Å². The summed E-state index contributed by atoms with van der Waals surface area (Å²) >= 11 is 0. The second kappa shape index (κ2) is 6.03. The van der Waals surface area contributed by atoms with E-state index in [2.05, 4.69) is 68.6 Å². The van der Waals surface area contributed by atoms with Gasteiger partial charge in [-0.15, -0.1) is 0 Å². The summed E-state index contributed by atoms with van der Waals surface area (Å²) in [6, 6.07) is 15.9. The van der Waals surface area contributed by atoms with Crippen molar-refractivity contribution in [2.75, 3.05) is 7.05 Å². The molecule has 2 rings (SSSR count). The predicted octanol–water partition coefficient (Wildman–Crippen LogP) is 4.12. The molecule has 0 aliphatic carbocycles. The molecule has 0 amide bonds. The minimum atomic E-state index is 0.376. The molecule has 0 saturated heterocycles. The summed E-state index contributed by atoms with van der Waals surface area (Å²) in [6.45, 7) is 6.49. The number of hydrogen-bond donors (Lipinski definition) is 1. The van der Waals surface area contributed by atoms with E-state index in [0.717, 1.165) is 6.42 Å². The van der Waals surface area contributed by atoms with Crippen LogP contribution in [0.3, 0.4) is 0 Å². The molecule has 0 fully saturated rings. The van der Waals surface area contributed by atoms with Crippen LogP contribution in [0.2, 0.25) is 0 Å². The fourth-order valence-electron chi connectivity index (χ4n) is 2.44. The number of likely N-dealkylation sites (N-methyl/N-ethyl adjacent to an activating group) is 1. The highest BCUT2D eigenvalue weighted by Crippen LogP contribution is 2.21. The summed E-state index contributed by atoms with van der Waals surface area (Å²) in [5.41, 5.74) is 6.80. The standard InChI is InChI=1S/C18H23N/c1-13-6-5-7-16(10-13)12-18(19-4)17-9-8-14(2)15(3)11-17/h5-11,18-19H,12H2,1-4H3. The van der Waals surface area contributed by atoms with Crippen molar-refractivity contribution >= 4 is 0 Å². The molecule has 2 aromatic carbocycles. The zero-order chi connectivity index (χ0) is 13.8. The van der Waals surface area contributed by atoms with E-state index in [1.807, 2.05) is 7.05 Å². The van der Waals surface area contributed by atoms with Gasteiger partial charge in [0.1, 0.15) is 0 Å². The van der Waals surface area contributed by atoms with Crippen molar-refractivity contribution in [1.82, 2.24) is 5.32 Å². The molecule has 19 heavy (non-hydrogen) atoms. The van der Waals surface area contributed by atoms with Crippen molar-refractivity contribution < 1.29 is 0 Å². The Morgan fingerprint density at radius 3 is 2.37 bits per heavy atom. The highest BCUT2D eigenvalue weighted by Gasteiger charge is 2.10. The monoisotopic (exact) mass is 253 g/mol. The Bertz CT molecular complexity index is 557. The Morgan fingerprint density at radius 1 is 0.947 bits per heavy atom. The van der Waals surface area contributed by atoms with Crippen LogP contribution in [0.5, 0.6) is 0 Å². The normalized spacial score (nSPS) is 12.4. The van der Waals surface area contributed by atoms with E-state index in [4.69, 9.17) is 0 Å². The van der Waals surface area contributed by atoms with E-state index in [1.165, 1.54) is 27.8 Å². The van der Waals surface area contributed by atoms with Crippen LogP contribution in [-0.2, 0) is 6.42 Å². The third kappa shape index (κ3) is 3.45. The van der Waals surface area contributed by atoms with Crippen molar-refractivity contribution in [2.24, 2.45) is 0 Å².